The Kier molecular flexibility index (Phi) is 4.50. The number of methoxy groups -OCH3 is 1. The molecule has 0 amide bonds. The number of carboxylic acid groups (broad SMARTS) is 1. The second kappa shape index (κ2) is 5.44. The maximum atomic E-state index is 10.8. The molecule has 5 nitrogen and oxygen atoms in total. The van der Waals surface area contributed by atoms with Crippen molar-refractivity contribution in [3.05, 3.63) is 0 Å². The predicted octanol–water partition coefficient (Wildman–Crippen LogP) is 0.374. The normalized spacial score (nSPS) is 30.7. The summed E-state index contributed by atoms with van der Waals surface area (Å²) in [6.07, 6.45) is 2.46. The molecule has 0 aromatic carbocycles. The van der Waals surface area contributed by atoms with E-state index in [9.17, 15) is 4.79 Å². The number of carbonyl (C=O) groups is 1. The lowest BCUT2D eigenvalue weighted by atomic mass is 10.00. The highest BCUT2D eigenvalue weighted by Crippen LogP contribution is 2.30. The Hall–Kier alpha value is -0.650. The highest BCUT2D eigenvalue weighted by Gasteiger charge is 2.42. The molecule has 0 saturated heterocycles. The van der Waals surface area contributed by atoms with Gasteiger partial charge in [-0.1, -0.05) is 0 Å². The molecule has 2 atom stereocenters. The topological polar surface area (TPSA) is 81.8 Å². The molecule has 1 aliphatic rings. The number of aliphatic carboxylic acids is 1. The molecule has 3 N–H and O–H groups in total. The van der Waals surface area contributed by atoms with Crippen molar-refractivity contribution in [3.63, 3.8) is 0 Å². The van der Waals surface area contributed by atoms with Gasteiger partial charge in [-0.3, -0.25) is 4.79 Å². The van der Waals surface area contributed by atoms with Gasteiger partial charge in [0.05, 0.1) is 6.10 Å². The van der Waals surface area contributed by atoms with Crippen molar-refractivity contribution in [1.29, 1.82) is 0 Å². The largest absolute Gasteiger partial charge is 0.480 e. The van der Waals surface area contributed by atoms with Crippen molar-refractivity contribution in [1.82, 2.24) is 0 Å². The van der Waals surface area contributed by atoms with E-state index in [0.717, 1.165) is 12.8 Å². The number of nitrogens with two attached hydrogens (primary N) is 1. The number of rotatable bonds is 6. The van der Waals surface area contributed by atoms with Gasteiger partial charge in [-0.25, -0.2) is 0 Å². The van der Waals surface area contributed by atoms with Crippen LogP contribution >= 0.6 is 0 Å². The Morgan fingerprint density at radius 2 is 2.33 bits per heavy atom. The molecular formula is C10H19NO4. The molecule has 1 rings (SSSR count). The Morgan fingerprint density at radius 3 is 2.87 bits per heavy atom. The van der Waals surface area contributed by atoms with Crippen LogP contribution in [-0.2, 0) is 14.3 Å². The van der Waals surface area contributed by atoms with Crippen molar-refractivity contribution in [2.24, 2.45) is 5.73 Å². The van der Waals surface area contributed by atoms with E-state index in [0.29, 0.717) is 26.1 Å². The summed E-state index contributed by atoms with van der Waals surface area (Å²) < 4.78 is 10.4. The van der Waals surface area contributed by atoms with Crippen LogP contribution in [0.3, 0.4) is 0 Å². The SMILES string of the molecule is COCCCOC1CCC(N)(C(=O)O)C1. The minimum atomic E-state index is -1.08. The van der Waals surface area contributed by atoms with E-state index in [-0.39, 0.29) is 6.10 Å². The van der Waals surface area contributed by atoms with Crippen LogP contribution in [0.5, 0.6) is 0 Å². The summed E-state index contributed by atoms with van der Waals surface area (Å²) in [5.41, 5.74) is 4.64. The number of hydrogen-bond acceptors (Lipinski definition) is 4. The summed E-state index contributed by atoms with van der Waals surface area (Å²) >= 11 is 0. The average Bonchev–Trinajstić information content (AvgIpc) is 2.57. The average molecular weight is 217 g/mol. The van der Waals surface area contributed by atoms with E-state index in [1.165, 1.54) is 0 Å². The summed E-state index contributed by atoms with van der Waals surface area (Å²) in [5, 5.41) is 8.90. The predicted molar refractivity (Wildman–Crippen MR) is 54.6 cm³/mol. The summed E-state index contributed by atoms with van der Waals surface area (Å²) in [7, 11) is 1.64. The second-order valence-corrected chi connectivity index (χ2v) is 4.04. The summed E-state index contributed by atoms with van der Waals surface area (Å²) in [6, 6.07) is 0. The standard InChI is InChI=1S/C10H19NO4/c1-14-5-2-6-15-8-3-4-10(11,7-8)9(12)13/h8H,2-7,11H2,1H3,(H,12,13). The minimum Gasteiger partial charge on any atom is -0.480 e. The first-order valence-corrected chi connectivity index (χ1v) is 5.21. The van der Waals surface area contributed by atoms with Gasteiger partial charge in [-0.15, -0.1) is 0 Å². The maximum Gasteiger partial charge on any atom is 0.323 e. The van der Waals surface area contributed by atoms with E-state index in [4.69, 9.17) is 20.3 Å². The molecule has 0 aromatic heterocycles. The second-order valence-electron chi connectivity index (χ2n) is 4.04. The molecule has 1 aliphatic carbocycles. The Balaban J connectivity index is 2.22. The van der Waals surface area contributed by atoms with Crippen LogP contribution in [0.1, 0.15) is 25.7 Å². The fraction of sp³-hybridized carbons (Fsp3) is 0.900. The highest BCUT2D eigenvalue weighted by atomic mass is 16.5. The Labute approximate surface area is 89.5 Å². The van der Waals surface area contributed by atoms with Gasteiger partial charge in [0.1, 0.15) is 5.54 Å². The van der Waals surface area contributed by atoms with E-state index in [2.05, 4.69) is 0 Å². The lowest BCUT2D eigenvalue weighted by Gasteiger charge is -2.18. The lowest BCUT2D eigenvalue weighted by Crippen LogP contribution is -2.45. The van der Waals surface area contributed by atoms with Gasteiger partial charge in [-0.2, -0.15) is 0 Å². The molecule has 15 heavy (non-hydrogen) atoms. The van der Waals surface area contributed by atoms with Crippen LogP contribution in [0.4, 0.5) is 0 Å². The summed E-state index contributed by atoms with van der Waals surface area (Å²) in [4.78, 5) is 10.8. The molecule has 1 fully saturated rings. The van der Waals surface area contributed by atoms with Crippen molar-refractivity contribution in [3.8, 4) is 0 Å². The van der Waals surface area contributed by atoms with Crippen molar-refractivity contribution >= 4 is 5.97 Å². The zero-order chi connectivity index (χ0) is 11.3. The molecule has 0 heterocycles. The molecule has 88 valence electrons. The van der Waals surface area contributed by atoms with Crippen LogP contribution < -0.4 is 5.73 Å². The molecule has 5 heteroatoms. The third-order valence-electron chi connectivity index (χ3n) is 2.78. The van der Waals surface area contributed by atoms with Crippen LogP contribution in [0, 0.1) is 0 Å². The van der Waals surface area contributed by atoms with Crippen LogP contribution in [-0.4, -0.2) is 43.0 Å². The van der Waals surface area contributed by atoms with Crippen LogP contribution in [0.25, 0.3) is 0 Å². The van der Waals surface area contributed by atoms with E-state index < -0.39 is 11.5 Å². The van der Waals surface area contributed by atoms with Gasteiger partial charge in [0, 0.05) is 26.7 Å². The third kappa shape index (κ3) is 3.44. The maximum absolute atomic E-state index is 10.8. The van der Waals surface area contributed by atoms with Crippen molar-refractivity contribution in [2.75, 3.05) is 20.3 Å². The van der Waals surface area contributed by atoms with Gasteiger partial charge in [0.25, 0.3) is 0 Å². The smallest absolute Gasteiger partial charge is 0.323 e. The van der Waals surface area contributed by atoms with Gasteiger partial charge in [0.15, 0.2) is 0 Å². The minimum absolute atomic E-state index is 0.0112. The Bertz CT molecular complexity index is 221. The molecule has 0 radical (unpaired) electrons. The first-order chi connectivity index (χ1) is 7.08. The van der Waals surface area contributed by atoms with E-state index >= 15 is 0 Å². The fourth-order valence-electron chi connectivity index (χ4n) is 1.82. The Morgan fingerprint density at radius 1 is 1.60 bits per heavy atom. The first-order valence-electron chi connectivity index (χ1n) is 5.21. The van der Waals surface area contributed by atoms with E-state index in [1.54, 1.807) is 7.11 Å². The number of ether oxygens (including phenoxy) is 2. The third-order valence-corrected chi connectivity index (χ3v) is 2.78. The highest BCUT2D eigenvalue weighted by molar-refractivity contribution is 5.78. The zero-order valence-electron chi connectivity index (χ0n) is 9.07. The van der Waals surface area contributed by atoms with Crippen molar-refractivity contribution in [2.45, 2.75) is 37.3 Å². The molecule has 0 bridgehead atoms. The molecule has 0 spiro atoms. The molecule has 2 unspecified atom stereocenters. The molecule has 0 aromatic rings. The van der Waals surface area contributed by atoms with Gasteiger partial charge in [-0.05, 0) is 19.3 Å². The van der Waals surface area contributed by atoms with Gasteiger partial charge < -0.3 is 20.3 Å². The number of carboxylic acids is 1. The quantitative estimate of drug-likeness (QED) is 0.628. The first kappa shape index (κ1) is 12.4. The molecular weight excluding hydrogens is 198 g/mol. The van der Waals surface area contributed by atoms with Crippen LogP contribution in [0.15, 0.2) is 0 Å². The number of hydrogen-bond donors (Lipinski definition) is 2. The molecule has 0 aliphatic heterocycles. The monoisotopic (exact) mass is 217 g/mol. The zero-order valence-corrected chi connectivity index (χ0v) is 9.07. The van der Waals surface area contributed by atoms with Crippen molar-refractivity contribution < 1.29 is 19.4 Å². The lowest BCUT2D eigenvalue weighted by molar-refractivity contribution is -0.143. The molecule has 1 saturated carbocycles. The van der Waals surface area contributed by atoms with Gasteiger partial charge in [0.2, 0.25) is 0 Å². The fourth-order valence-corrected chi connectivity index (χ4v) is 1.82. The van der Waals surface area contributed by atoms with Crippen LogP contribution in [0.2, 0.25) is 0 Å². The summed E-state index contributed by atoms with van der Waals surface area (Å²) in [5.74, 6) is -0.925. The summed E-state index contributed by atoms with van der Waals surface area (Å²) in [6.45, 7) is 1.27. The van der Waals surface area contributed by atoms with Gasteiger partial charge >= 0.3 is 5.97 Å². The van der Waals surface area contributed by atoms with E-state index in [1.807, 2.05) is 0 Å².